The van der Waals surface area contributed by atoms with Crippen molar-refractivity contribution in [3.63, 3.8) is 0 Å². The number of hydrogen-bond donors (Lipinski definition) is 1. The van der Waals surface area contributed by atoms with Gasteiger partial charge in [0, 0.05) is 24.2 Å². The highest BCUT2D eigenvalue weighted by atomic mass is 79.9. The molecule has 0 aliphatic carbocycles. The van der Waals surface area contributed by atoms with Crippen LogP contribution in [0.4, 0.5) is 0 Å². The molecule has 0 aromatic heterocycles. The first kappa shape index (κ1) is 27.5. The van der Waals surface area contributed by atoms with Gasteiger partial charge in [-0.05, 0) is 88.4 Å². The third-order valence-corrected chi connectivity index (χ3v) is 7.97. The lowest BCUT2D eigenvalue weighted by Crippen LogP contribution is -2.62. The molecule has 0 bridgehead atoms. The summed E-state index contributed by atoms with van der Waals surface area (Å²) in [5.74, 6) is 0.813. The van der Waals surface area contributed by atoms with Crippen molar-refractivity contribution in [2.75, 3.05) is 20.2 Å². The molecular weight excluding hydrogens is 568 g/mol. The first-order valence-corrected chi connectivity index (χ1v) is 14.0. The van der Waals surface area contributed by atoms with E-state index in [2.05, 4.69) is 15.9 Å². The fourth-order valence-electron chi connectivity index (χ4n) is 5.30. The zero-order chi connectivity index (χ0) is 28.1. The summed E-state index contributed by atoms with van der Waals surface area (Å²) in [5, 5.41) is 9.79. The zero-order valence-electron chi connectivity index (χ0n) is 22.2. The average Bonchev–Trinajstić information content (AvgIpc) is 2.99. The fourth-order valence-corrected chi connectivity index (χ4v) is 5.89. The number of phenolic OH excluding ortho intramolecular Hbond substituents is 1. The Balaban J connectivity index is 1.52. The molecule has 0 radical (unpaired) electrons. The summed E-state index contributed by atoms with van der Waals surface area (Å²) in [6.07, 6.45) is 1.13. The molecule has 2 unspecified atom stereocenters. The number of nitrogens with zero attached hydrogens (tertiary/aromatic N) is 2. The van der Waals surface area contributed by atoms with Crippen LogP contribution in [0.15, 0.2) is 108 Å². The predicted octanol–water partition coefficient (Wildman–Crippen LogP) is 5.98. The van der Waals surface area contributed by atoms with Crippen LogP contribution < -0.4 is 4.74 Å². The van der Waals surface area contributed by atoms with Gasteiger partial charge in [0.15, 0.2) is 0 Å². The quantitative estimate of drug-likeness (QED) is 0.284. The second kappa shape index (κ2) is 12.4. The van der Waals surface area contributed by atoms with E-state index in [0.29, 0.717) is 37.1 Å². The molecule has 1 N–H and O–H groups in total. The topological polar surface area (TPSA) is 70.1 Å². The Hall–Kier alpha value is -4.10. The second-order valence-corrected chi connectivity index (χ2v) is 10.9. The van der Waals surface area contributed by atoms with Gasteiger partial charge in [0.05, 0.1) is 23.7 Å². The number of halogens is 1. The molecule has 5 rings (SSSR count). The SMILES string of the molecule is COc1ccc(CC2CN(C(=O)c3ccccc3)C(Cc3ccc(O)cc3)CN2C(=O)c2ccccc2)cc1Br. The molecule has 2 atom stereocenters. The number of benzene rings is 4. The number of phenols is 1. The van der Waals surface area contributed by atoms with Crippen molar-refractivity contribution in [3.05, 3.63) is 130 Å². The number of carbonyl (C=O) groups excluding carboxylic acids is 2. The third kappa shape index (κ3) is 6.20. The van der Waals surface area contributed by atoms with Crippen molar-refractivity contribution in [2.45, 2.75) is 24.9 Å². The molecule has 1 fully saturated rings. The van der Waals surface area contributed by atoms with Crippen molar-refractivity contribution in [1.82, 2.24) is 9.80 Å². The van der Waals surface area contributed by atoms with E-state index in [0.717, 1.165) is 21.3 Å². The summed E-state index contributed by atoms with van der Waals surface area (Å²) in [7, 11) is 1.63. The predicted molar refractivity (Wildman–Crippen MR) is 159 cm³/mol. The lowest BCUT2D eigenvalue weighted by Gasteiger charge is -2.47. The molecule has 1 heterocycles. The largest absolute Gasteiger partial charge is 0.508 e. The van der Waals surface area contributed by atoms with E-state index < -0.39 is 0 Å². The highest BCUT2D eigenvalue weighted by Gasteiger charge is 2.39. The van der Waals surface area contributed by atoms with Gasteiger partial charge in [0.1, 0.15) is 11.5 Å². The second-order valence-electron chi connectivity index (χ2n) is 10.00. The van der Waals surface area contributed by atoms with E-state index in [9.17, 15) is 14.7 Å². The minimum atomic E-state index is -0.247. The smallest absolute Gasteiger partial charge is 0.254 e. The number of carbonyl (C=O) groups is 2. The molecule has 40 heavy (non-hydrogen) atoms. The third-order valence-electron chi connectivity index (χ3n) is 7.35. The summed E-state index contributed by atoms with van der Waals surface area (Å²) in [4.78, 5) is 31.7. The van der Waals surface area contributed by atoms with Crippen molar-refractivity contribution in [2.24, 2.45) is 0 Å². The van der Waals surface area contributed by atoms with Gasteiger partial charge in [-0.1, -0.05) is 54.6 Å². The molecule has 0 spiro atoms. The van der Waals surface area contributed by atoms with Crippen molar-refractivity contribution in [3.8, 4) is 11.5 Å². The summed E-state index contributed by atoms with van der Waals surface area (Å²) < 4.78 is 6.24. The maximum absolute atomic E-state index is 13.9. The molecule has 1 aliphatic heterocycles. The summed E-state index contributed by atoms with van der Waals surface area (Å²) in [6, 6.07) is 31.0. The van der Waals surface area contributed by atoms with Crippen LogP contribution in [-0.2, 0) is 12.8 Å². The molecule has 0 saturated carbocycles. The van der Waals surface area contributed by atoms with Crippen LogP contribution in [0.2, 0.25) is 0 Å². The maximum Gasteiger partial charge on any atom is 0.254 e. The number of piperazine rings is 1. The highest BCUT2D eigenvalue weighted by molar-refractivity contribution is 9.10. The Bertz CT molecular complexity index is 1460. The number of amides is 2. The van der Waals surface area contributed by atoms with Gasteiger partial charge in [-0.3, -0.25) is 9.59 Å². The zero-order valence-corrected chi connectivity index (χ0v) is 23.8. The normalized spacial score (nSPS) is 16.9. The van der Waals surface area contributed by atoms with Gasteiger partial charge in [-0.2, -0.15) is 0 Å². The number of methoxy groups -OCH3 is 1. The highest BCUT2D eigenvalue weighted by Crippen LogP contribution is 2.29. The van der Waals surface area contributed by atoms with Crippen LogP contribution in [0, 0.1) is 0 Å². The first-order valence-electron chi connectivity index (χ1n) is 13.3. The van der Waals surface area contributed by atoms with Crippen molar-refractivity contribution < 1.29 is 19.4 Å². The van der Waals surface area contributed by atoms with Crippen molar-refractivity contribution >= 4 is 27.7 Å². The Morgan fingerprint density at radius 2 is 1.23 bits per heavy atom. The summed E-state index contributed by atoms with van der Waals surface area (Å²) in [5.41, 5.74) is 3.26. The summed E-state index contributed by atoms with van der Waals surface area (Å²) in [6.45, 7) is 0.772. The van der Waals surface area contributed by atoms with Gasteiger partial charge < -0.3 is 19.6 Å². The molecule has 1 aliphatic rings. The molecule has 4 aromatic carbocycles. The van der Waals surface area contributed by atoms with Crippen LogP contribution in [0.5, 0.6) is 11.5 Å². The van der Waals surface area contributed by atoms with E-state index in [1.54, 1.807) is 19.2 Å². The fraction of sp³-hybridized carbons (Fsp3) is 0.212. The molecule has 204 valence electrons. The maximum atomic E-state index is 13.9. The van der Waals surface area contributed by atoms with Gasteiger partial charge in [0.25, 0.3) is 11.8 Å². The van der Waals surface area contributed by atoms with Gasteiger partial charge >= 0.3 is 0 Å². The Labute approximate surface area is 242 Å². The van der Waals surface area contributed by atoms with Crippen LogP contribution in [0.25, 0.3) is 0 Å². The minimum absolute atomic E-state index is 0.0549. The monoisotopic (exact) mass is 598 g/mol. The molecular formula is C33H31BrN2O4. The Morgan fingerprint density at radius 1 is 0.750 bits per heavy atom. The molecule has 6 nitrogen and oxygen atoms in total. The lowest BCUT2D eigenvalue weighted by molar-refractivity contribution is 0.0205. The van der Waals surface area contributed by atoms with E-state index in [1.165, 1.54) is 0 Å². The number of aromatic hydroxyl groups is 1. The summed E-state index contributed by atoms with van der Waals surface area (Å²) >= 11 is 3.58. The lowest BCUT2D eigenvalue weighted by atomic mass is 9.94. The van der Waals surface area contributed by atoms with Crippen LogP contribution >= 0.6 is 15.9 Å². The Morgan fingerprint density at radius 3 is 1.70 bits per heavy atom. The van der Waals surface area contributed by atoms with Crippen LogP contribution in [-0.4, -0.2) is 59.0 Å². The van der Waals surface area contributed by atoms with Gasteiger partial charge in [-0.25, -0.2) is 0 Å². The van der Waals surface area contributed by atoms with E-state index in [1.807, 2.05) is 101 Å². The van der Waals surface area contributed by atoms with Gasteiger partial charge in [-0.15, -0.1) is 0 Å². The Kier molecular flexibility index (Phi) is 8.51. The minimum Gasteiger partial charge on any atom is -0.508 e. The number of rotatable bonds is 7. The average molecular weight is 600 g/mol. The standard InChI is InChI=1S/C33H31BrN2O4/c1-40-31-17-14-24(20-30(31)34)19-28-22-35(32(38)25-8-4-2-5-9-25)27(18-23-12-15-29(37)16-13-23)21-36(28)33(39)26-10-6-3-7-11-26/h2-17,20,27-28,37H,18-19,21-22H2,1H3. The number of ether oxygens (including phenoxy) is 1. The molecule has 7 heteroatoms. The first-order chi connectivity index (χ1) is 19.4. The van der Waals surface area contributed by atoms with Crippen LogP contribution in [0.3, 0.4) is 0 Å². The van der Waals surface area contributed by atoms with Gasteiger partial charge in [0.2, 0.25) is 0 Å². The number of hydrogen-bond acceptors (Lipinski definition) is 4. The molecule has 1 saturated heterocycles. The van der Waals surface area contributed by atoms with E-state index in [4.69, 9.17) is 4.74 Å². The van der Waals surface area contributed by atoms with E-state index in [-0.39, 0.29) is 29.6 Å². The molecule has 4 aromatic rings. The van der Waals surface area contributed by atoms with Crippen LogP contribution in [0.1, 0.15) is 31.8 Å². The molecule has 2 amide bonds. The van der Waals surface area contributed by atoms with Crippen molar-refractivity contribution in [1.29, 1.82) is 0 Å². The van der Waals surface area contributed by atoms with E-state index >= 15 is 0 Å².